The van der Waals surface area contributed by atoms with Gasteiger partial charge in [-0.15, -0.1) is 24.0 Å². The Bertz CT molecular complexity index is 891. The molecule has 1 aromatic carbocycles. The highest BCUT2D eigenvalue weighted by atomic mass is 127. The number of hydrogen-bond donors (Lipinski definition) is 2. The number of hydrogen-bond acceptors (Lipinski definition) is 4. The minimum Gasteiger partial charge on any atom is -0.439 e. The van der Waals surface area contributed by atoms with Crippen molar-refractivity contribution in [2.24, 2.45) is 10.7 Å². The number of aliphatic imine (C=N–C) groups is 1. The molecule has 0 amide bonds. The molecule has 28 heavy (non-hydrogen) atoms. The molecule has 0 aliphatic heterocycles. The molecule has 3 N–H and O–H groups in total. The first kappa shape index (κ1) is 21.5. The van der Waals surface area contributed by atoms with Crippen LogP contribution in [0.1, 0.15) is 11.3 Å². The second kappa shape index (κ2) is 11.2. The van der Waals surface area contributed by atoms with Gasteiger partial charge in [0.2, 0.25) is 5.88 Å². The number of nitrogens with zero attached hydrogens (tertiary/aromatic N) is 3. The van der Waals surface area contributed by atoms with Crippen molar-refractivity contribution in [3.63, 3.8) is 0 Å². The number of benzene rings is 1. The van der Waals surface area contributed by atoms with Gasteiger partial charge in [-0.1, -0.05) is 18.2 Å². The summed E-state index contributed by atoms with van der Waals surface area (Å²) in [7, 11) is 0. The Morgan fingerprint density at radius 1 is 1.11 bits per heavy atom. The molecule has 0 radical (unpaired) electrons. The molecule has 3 rings (SSSR count). The molecule has 0 spiro atoms. The lowest BCUT2D eigenvalue weighted by molar-refractivity contribution is 0.457. The normalized spacial score (nSPS) is 10.8. The standard InChI is InChI=1S/C20H20FN5O.HI/c21-16-4-3-6-18(12-16)27-19-8-7-15(13-25-19)14-26-20(22)24-11-9-17-5-1-2-10-23-17;/h1-8,10,12-13H,9,11,14H2,(H3,22,24,26);1H. The maximum Gasteiger partial charge on any atom is 0.219 e. The largest absolute Gasteiger partial charge is 0.439 e. The summed E-state index contributed by atoms with van der Waals surface area (Å²) in [6, 6.07) is 15.3. The molecule has 2 aromatic heterocycles. The van der Waals surface area contributed by atoms with Crippen molar-refractivity contribution in [1.29, 1.82) is 0 Å². The van der Waals surface area contributed by atoms with E-state index in [0.717, 1.165) is 17.7 Å². The van der Waals surface area contributed by atoms with Crippen LogP contribution in [0.25, 0.3) is 0 Å². The van der Waals surface area contributed by atoms with Crippen LogP contribution < -0.4 is 15.8 Å². The van der Waals surface area contributed by atoms with Crippen LogP contribution in [0.2, 0.25) is 0 Å². The predicted molar refractivity (Wildman–Crippen MR) is 117 cm³/mol. The van der Waals surface area contributed by atoms with Crippen molar-refractivity contribution in [3.05, 3.63) is 84.1 Å². The average Bonchev–Trinajstić information content (AvgIpc) is 2.68. The second-order valence-electron chi connectivity index (χ2n) is 5.76. The van der Waals surface area contributed by atoms with Crippen LogP contribution in [-0.4, -0.2) is 22.5 Å². The van der Waals surface area contributed by atoms with E-state index in [4.69, 9.17) is 10.5 Å². The third kappa shape index (κ3) is 7.10. The fraction of sp³-hybridized carbons (Fsp3) is 0.150. The summed E-state index contributed by atoms with van der Waals surface area (Å²) in [6.07, 6.45) is 4.19. The van der Waals surface area contributed by atoms with E-state index in [1.165, 1.54) is 12.1 Å². The summed E-state index contributed by atoms with van der Waals surface area (Å²) in [4.78, 5) is 12.7. The molecular weight excluding hydrogens is 472 g/mol. The van der Waals surface area contributed by atoms with Gasteiger partial charge in [-0.2, -0.15) is 0 Å². The van der Waals surface area contributed by atoms with Crippen molar-refractivity contribution in [3.8, 4) is 11.6 Å². The molecule has 3 aromatic rings. The van der Waals surface area contributed by atoms with Crippen LogP contribution in [0, 0.1) is 5.82 Å². The lowest BCUT2D eigenvalue weighted by Crippen LogP contribution is -2.33. The SMILES string of the molecule is I.NC(=NCc1ccc(Oc2cccc(F)c2)nc1)NCCc1ccccn1. The predicted octanol–water partition coefficient (Wildman–Crippen LogP) is 3.67. The summed E-state index contributed by atoms with van der Waals surface area (Å²) in [5.74, 6) is 0.792. The number of rotatable bonds is 7. The van der Waals surface area contributed by atoms with Crippen LogP contribution in [0.5, 0.6) is 11.6 Å². The molecule has 0 fully saturated rings. The van der Waals surface area contributed by atoms with E-state index < -0.39 is 0 Å². The molecule has 0 bridgehead atoms. The zero-order chi connectivity index (χ0) is 18.9. The maximum absolute atomic E-state index is 13.2. The van der Waals surface area contributed by atoms with Crippen molar-refractivity contribution in [2.45, 2.75) is 13.0 Å². The van der Waals surface area contributed by atoms with Crippen molar-refractivity contribution in [2.75, 3.05) is 6.54 Å². The van der Waals surface area contributed by atoms with E-state index in [-0.39, 0.29) is 29.8 Å². The number of halogens is 2. The summed E-state index contributed by atoms with van der Waals surface area (Å²) in [5.41, 5.74) is 7.75. The zero-order valence-electron chi connectivity index (χ0n) is 15.1. The Kier molecular flexibility index (Phi) is 8.60. The lowest BCUT2D eigenvalue weighted by Gasteiger charge is -2.06. The highest BCUT2D eigenvalue weighted by Gasteiger charge is 2.01. The van der Waals surface area contributed by atoms with E-state index in [9.17, 15) is 4.39 Å². The number of nitrogens with two attached hydrogens (primary N) is 1. The maximum atomic E-state index is 13.2. The van der Waals surface area contributed by atoms with Gasteiger partial charge in [-0.05, 0) is 29.8 Å². The number of pyridine rings is 2. The number of ether oxygens (including phenoxy) is 1. The fourth-order valence-electron chi connectivity index (χ4n) is 2.31. The van der Waals surface area contributed by atoms with Gasteiger partial charge in [0.05, 0.1) is 6.54 Å². The Balaban J connectivity index is 0.00000280. The van der Waals surface area contributed by atoms with Gasteiger partial charge in [0.1, 0.15) is 11.6 Å². The highest BCUT2D eigenvalue weighted by Crippen LogP contribution is 2.20. The quantitative estimate of drug-likeness (QED) is 0.298. The Morgan fingerprint density at radius 2 is 2.00 bits per heavy atom. The first-order chi connectivity index (χ1) is 13.2. The molecule has 146 valence electrons. The molecule has 0 saturated heterocycles. The van der Waals surface area contributed by atoms with E-state index >= 15 is 0 Å². The monoisotopic (exact) mass is 493 g/mol. The van der Waals surface area contributed by atoms with Gasteiger partial charge in [0, 0.05) is 43.2 Å². The van der Waals surface area contributed by atoms with Gasteiger partial charge in [0.15, 0.2) is 5.96 Å². The molecule has 0 saturated carbocycles. The Morgan fingerprint density at radius 3 is 2.71 bits per heavy atom. The Labute approximate surface area is 180 Å². The Hall–Kier alpha value is -2.75. The first-order valence-corrected chi connectivity index (χ1v) is 8.51. The molecule has 0 aliphatic carbocycles. The summed E-state index contributed by atoms with van der Waals surface area (Å²) < 4.78 is 18.7. The van der Waals surface area contributed by atoms with Gasteiger partial charge in [-0.25, -0.2) is 14.4 Å². The van der Waals surface area contributed by atoms with Crippen molar-refractivity contribution >= 4 is 29.9 Å². The molecule has 2 heterocycles. The minimum atomic E-state index is -0.357. The average molecular weight is 493 g/mol. The van der Waals surface area contributed by atoms with E-state index in [2.05, 4.69) is 20.3 Å². The highest BCUT2D eigenvalue weighted by molar-refractivity contribution is 14.0. The smallest absolute Gasteiger partial charge is 0.219 e. The molecule has 0 aliphatic rings. The summed E-state index contributed by atoms with van der Waals surface area (Å²) >= 11 is 0. The van der Waals surface area contributed by atoms with Crippen LogP contribution in [0.3, 0.4) is 0 Å². The number of aromatic nitrogens is 2. The summed E-state index contributed by atoms with van der Waals surface area (Å²) in [5, 5.41) is 3.06. The van der Waals surface area contributed by atoms with Crippen molar-refractivity contribution < 1.29 is 9.13 Å². The first-order valence-electron chi connectivity index (χ1n) is 8.51. The summed E-state index contributed by atoms with van der Waals surface area (Å²) in [6.45, 7) is 1.06. The van der Waals surface area contributed by atoms with Crippen LogP contribution in [-0.2, 0) is 13.0 Å². The van der Waals surface area contributed by atoms with Gasteiger partial charge in [-0.3, -0.25) is 4.98 Å². The number of guanidine groups is 1. The molecule has 0 atom stereocenters. The van der Waals surface area contributed by atoms with E-state index in [0.29, 0.717) is 30.7 Å². The molecular formula is C20H21FIN5O. The van der Waals surface area contributed by atoms with Gasteiger partial charge in [0.25, 0.3) is 0 Å². The van der Waals surface area contributed by atoms with Crippen LogP contribution >= 0.6 is 24.0 Å². The lowest BCUT2D eigenvalue weighted by atomic mass is 10.3. The van der Waals surface area contributed by atoms with E-state index in [1.54, 1.807) is 30.6 Å². The van der Waals surface area contributed by atoms with Crippen molar-refractivity contribution in [1.82, 2.24) is 15.3 Å². The molecule has 0 unspecified atom stereocenters. The van der Waals surface area contributed by atoms with E-state index in [1.807, 2.05) is 24.3 Å². The third-order valence-electron chi connectivity index (χ3n) is 3.66. The topological polar surface area (TPSA) is 85.4 Å². The fourth-order valence-corrected chi connectivity index (χ4v) is 2.31. The van der Waals surface area contributed by atoms with Gasteiger partial charge < -0.3 is 15.8 Å². The second-order valence-corrected chi connectivity index (χ2v) is 5.76. The van der Waals surface area contributed by atoms with Crippen LogP contribution in [0.4, 0.5) is 4.39 Å². The molecule has 6 nitrogen and oxygen atoms in total. The van der Waals surface area contributed by atoms with Crippen LogP contribution in [0.15, 0.2) is 72.0 Å². The third-order valence-corrected chi connectivity index (χ3v) is 3.66. The zero-order valence-corrected chi connectivity index (χ0v) is 17.4. The number of nitrogens with one attached hydrogen (secondary N) is 1. The van der Waals surface area contributed by atoms with Gasteiger partial charge >= 0.3 is 0 Å². The molecule has 8 heteroatoms. The minimum absolute atomic E-state index is 0.